The van der Waals surface area contributed by atoms with Crippen LogP contribution >= 0.6 is 11.3 Å². The van der Waals surface area contributed by atoms with Gasteiger partial charge in [-0.25, -0.2) is 4.98 Å². The van der Waals surface area contributed by atoms with E-state index in [1.54, 1.807) is 31.2 Å². The summed E-state index contributed by atoms with van der Waals surface area (Å²) in [5.74, 6) is 0.949. The molecule has 0 atom stereocenters. The SMILES string of the molecule is Cc1nc(Cc2cccc(C(F)(F)F)c2)sc1NC(=O)C=Cc1ccc2c(c1)OCO2. The van der Waals surface area contributed by atoms with Crippen molar-refractivity contribution in [1.29, 1.82) is 0 Å². The number of aromatic nitrogens is 1. The number of hydrogen-bond donors (Lipinski definition) is 1. The third-order valence-electron chi connectivity index (χ3n) is 4.51. The highest BCUT2D eigenvalue weighted by Gasteiger charge is 2.30. The number of amides is 1. The van der Waals surface area contributed by atoms with Crippen LogP contribution in [-0.2, 0) is 17.4 Å². The zero-order valence-electron chi connectivity index (χ0n) is 16.3. The van der Waals surface area contributed by atoms with Crippen LogP contribution in [0.4, 0.5) is 18.2 Å². The minimum atomic E-state index is -4.39. The summed E-state index contributed by atoms with van der Waals surface area (Å²) >= 11 is 1.24. The van der Waals surface area contributed by atoms with Crippen molar-refractivity contribution in [2.45, 2.75) is 19.5 Å². The molecule has 0 spiro atoms. The first-order chi connectivity index (χ1) is 14.8. The number of nitrogens with one attached hydrogen (secondary N) is 1. The van der Waals surface area contributed by atoms with Crippen LogP contribution < -0.4 is 14.8 Å². The fourth-order valence-electron chi connectivity index (χ4n) is 3.02. The van der Waals surface area contributed by atoms with Gasteiger partial charge in [0.05, 0.1) is 16.3 Å². The Bertz CT molecular complexity index is 1160. The minimum absolute atomic E-state index is 0.177. The largest absolute Gasteiger partial charge is 0.454 e. The molecule has 0 unspecified atom stereocenters. The fraction of sp³-hybridized carbons (Fsp3) is 0.182. The Morgan fingerprint density at radius 3 is 2.81 bits per heavy atom. The number of rotatable bonds is 5. The molecule has 3 aromatic rings. The summed E-state index contributed by atoms with van der Waals surface area (Å²) in [7, 11) is 0. The second-order valence-corrected chi connectivity index (χ2v) is 7.92. The molecule has 1 aliphatic heterocycles. The molecular weight excluding hydrogens is 429 g/mol. The van der Waals surface area contributed by atoms with Gasteiger partial charge in [0.2, 0.25) is 12.7 Å². The van der Waals surface area contributed by atoms with Gasteiger partial charge >= 0.3 is 6.18 Å². The molecule has 2 heterocycles. The first-order valence-corrected chi connectivity index (χ1v) is 10.1. The second-order valence-electron chi connectivity index (χ2n) is 6.83. The van der Waals surface area contributed by atoms with Gasteiger partial charge in [0.25, 0.3) is 0 Å². The van der Waals surface area contributed by atoms with Crippen LogP contribution in [-0.4, -0.2) is 17.7 Å². The number of benzene rings is 2. The smallest absolute Gasteiger partial charge is 0.416 e. The number of alkyl halides is 3. The van der Waals surface area contributed by atoms with E-state index in [0.29, 0.717) is 32.8 Å². The number of thiazole rings is 1. The molecule has 0 saturated heterocycles. The number of anilines is 1. The summed E-state index contributed by atoms with van der Waals surface area (Å²) in [6.45, 7) is 1.92. The Labute approximate surface area is 180 Å². The molecular formula is C22H17F3N2O3S. The second kappa shape index (κ2) is 8.43. The van der Waals surface area contributed by atoms with Crippen molar-refractivity contribution in [3.8, 4) is 11.5 Å². The lowest BCUT2D eigenvalue weighted by Gasteiger charge is -2.07. The molecule has 9 heteroatoms. The monoisotopic (exact) mass is 446 g/mol. The maximum atomic E-state index is 12.9. The number of hydrogen-bond acceptors (Lipinski definition) is 5. The normalized spacial score (nSPS) is 13.0. The van der Waals surface area contributed by atoms with E-state index in [0.717, 1.165) is 17.7 Å². The van der Waals surface area contributed by atoms with Gasteiger partial charge in [-0.2, -0.15) is 13.2 Å². The lowest BCUT2D eigenvalue weighted by atomic mass is 10.1. The number of carbonyl (C=O) groups excluding carboxylic acids is 1. The summed E-state index contributed by atoms with van der Waals surface area (Å²) < 4.78 is 49.3. The molecule has 4 rings (SSSR count). The summed E-state index contributed by atoms with van der Waals surface area (Å²) in [5, 5.41) is 3.94. The predicted octanol–water partition coefficient (Wildman–Crippen LogP) is 5.44. The van der Waals surface area contributed by atoms with Crippen molar-refractivity contribution in [3.63, 3.8) is 0 Å². The first kappa shape index (κ1) is 20.9. The van der Waals surface area contributed by atoms with Gasteiger partial charge in [-0.3, -0.25) is 4.79 Å². The molecule has 1 amide bonds. The summed E-state index contributed by atoms with van der Waals surface area (Å²) in [6.07, 6.45) is -1.10. The molecule has 31 heavy (non-hydrogen) atoms. The average molecular weight is 446 g/mol. The molecule has 5 nitrogen and oxygen atoms in total. The third kappa shape index (κ3) is 5.05. The van der Waals surface area contributed by atoms with Gasteiger partial charge in [-0.1, -0.05) is 24.3 Å². The summed E-state index contributed by atoms with van der Waals surface area (Å²) in [4.78, 5) is 16.7. The Balaban J connectivity index is 1.41. The van der Waals surface area contributed by atoms with E-state index in [-0.39, 0.29) is 19.1 Å². The summed E-state index contributed by atoms with van der Waals surface area (Å²) in [5.41, 5.74) is 1.20. The first-order valence-electron chi connectivity index (χ1n) is 9.29. The van der Waals surface area contributed by atoms with Gasteiger partial charge in [0, 0.05) is 12.5 Å². The molecule has 160 valence electrons. The van der Waals surface area contributed by atoms with Crippen LogP contribution in [0.25, 0.3) is 6.08 Å². The number of ether oxygens (including phenoxy) is 2. The Morgan fingerprint density at radius 2 is 2.00 bits per heavy atom. The Morgan fingerprint density at radius 1 is 1.19 bits per heavy atom. The lowest BCUT2D eigenvalue weighted by Crippen LogP contribution is -2.07. The zero-order chi connectivity index (χ0) is 22.0. The van der Waals surface area contributed by atoms with Crippen LogP contribution in [0.15, 0.2) is 48.5 Å². The molecule has 1 aliphatic rings. The quantitative estimate of drug-likeness (QED) is 0.530. The van der Waals surface area contributed by atoms with Crippen LogP contribution in [0.2, 0.25) is 0 Å². The predicted molar refractivity (Wildman–Crippen MR) is 111 cm³/mol. The van der Waals surface area contributed by atoms with Gasteiger partial charge in [0.1, 0.15) is 5.00 Å². The highest BCUT2D eigenvalue weighted by molar-refractivity contribution is 7.16. The topological polar surface area (TPSA) is 60.5 Å². The Hall–Kier alpha value is -3.33. The van der Waals surface area contributed by atoms with E-state index < -0.39 is 11.7 Å². The van der Waals surface area contributed by atoms with E-state index in [9.17, 15) is 18.0 Å². The Kier molecular flexibility index (Phi) is 5.69. The number of carbonyl (C=O) groups is 1. The van der Waals surface area contributed by atoms with E-state index in [1.807, 2.05) is 6.07 Å². The lowest BCUT2D eigenvalue weighted by molar-refractivity contribution is -0.137. The van der Waals surface area contributed by atoms with Crippen LogP contribution in [0.5, 0.6) is 11.5 Å². The van der Waals surface area contributed by atoms with E-state index in [1.165, 1.54) is 23.5 Å². The van der Waals surface area contributed by atoms with Crippen molar-refractivity contribution in [2.75, 3.05) is 12.1 Å². The van der Waals surface area contributed by atoms with Gasteiger partial charge in [-0.15, -0.1) is 11.3 Å². The number of fused-ring (bicyclic) bond motifs is 1. The van der Waals surface area contributed by atoms with Crippen LogP contribution in [0.3, 0.4) is 0 Å². The maximum Gasteiger partial charge on any atom is 0.416 e. The fourth-order valence-corrected chi connectivity index (χ4v) is 4.02. The number of aryl methyl sites for hydroxylation is 1. The van der Waals surface area contributed by atoms with Crippen LogP contribution in [0.1, 0.15) is 27.4 Å². The number of nitrogens with zero attached hydrogens (tertiary/aromatic N) is 1. The highest BCUT2D eigenvalue weighted by Crippen LogP contribution is 2.33. The van der Waals surface area contributed by atoms with Crippen LogP contribution in [0, 0.1) is 6.92 Å². The van der Waals surface area contributed by atoms with E-state index >= 15 is 0 Å². The molecule has 0 bridgehead atoms. The third-order valence-corrected chi connectivity index (χ3v) is 5.58. The number of halogens is 3. The van der Waals surface area contributed by atoms with E-state index in [2.05, 4.69) is 10.3 Å². The van der Waals surface area contributed by atoms with Gasteiger partial charge in [0.15, 0.2) is 11.5 Å². The van der Waals surface area contributed by atoms with Crippen molar-refractivity contribution in [2.24, 2.45) is 0 Å². The van der Waals surface area contributed by atoms with Crippen molar-refractivity contribution in [1.82, 2.24) is 4.98 Å². The van der Waals surface area contributed by atoms with E-state index in [4.69, 9.17) is 9.47 Å². The molecule has 0 fully saturated rings. The molecule has 2 aromatic carbocycles. The molecule has 1 aromatic heterocycles. The van der Waals surface area contributed by atoms with Crippen molar-refractivity contribution < 1.29 is 27.4 Å². The zero-order valence-corrected chi connectivity index (χ0v) is 17.1. The van der Waals surface area contributed by atoms with Crippen molar-refractivity contribution in [3.05, 3.63) is 75.9 Å². The van der Waals surface area contributed by atoms with Crippen molar-refractivity contribution >= 4 is 28.3 Å². The maximum absolute atomic E-state index is 12.9. The average Bonchev–Trinajstić information content (AvgIpc) is 3.32. The standard InChI is InChI=1S/C22H17F3N2O3S/c1-13-21(27-19(28)8-6-14-5-7-17-18(10-14)30-12-29-17)31-20(26-13)11-15-3-2-4-16(9-15)22(23,24)25/h2-10H,11-12H2,1H3,(H,27,28). The van der Waals surface area contributed by atoms with Gasteiger partial charge in [-0.05, 0) is 42.3 Å². The van der Waals surface area contributed by atoms with Gasteiger partial charge < -0.3 is 14.8 Å². The molecule has 0 saturated carbocycles. The molecule has 0 radical (unpaired) electrons. The summed E-state index contributed by atoms with van der Waals surface area (Å²) in [6, 6.07) is 10.5. The highest BCUT2D eigenvalue weighted by atomic mass is 32.1. The minimum Gasteiger partial charge on any atom is -0.454 e. The molecule has 0 aliphatic carbocycles. The molecule has 1 N–H and O–H groups in total.